The topological polar surface area (TPSA) is 59.1 Å². The van der Waals surface area contributed by atoms with Crippen molar-refractivity contribution in [2.45, 2.75) is 33.6 Å². The van der Waals surface area contributed by atoms with E-state index in [1.165, 1.54) is 11.3 Å². The maximum absolute atomic E-state index is 12.2. The van der Waals surface area contributed by atoms with Crippen LogP contribution in [0.1, 0.15) is 38.5 Å². The van der Waals surface area contributed by atoms with E-state index in [0.717, 1.165) is 31.1 Å². The van der Waals surface area contributed by atoms with Crippen LogP contribution >= 0.6 is 22.7 Å². The van der Waals surface area contributed by atoms with Crippen LogP contribution in [0.15, 0.2) is 24.3 Å². The second-order valence-corrected chi connectivity index (χ2v) is 8.28. The maximum Gasteiger partial charge on any atom is 0.226 e. The van der Waals surface area contributed by atoms with Crippen LogP contribution in [0.4, 0.5) is 5.13 Å². The van der Waals surface area contributed by atoms with Crippen molar-refractivity contribution in [3.05, 3.63) is 45.1 Å². The lowest BCUT2D eigenvalue weighted by molar-refractivity contribution is -0.116. The van der Waals surface area contributed by atoms with E-state index < -0.39 is 0 Å². The van der Waals surface area contributed by atoms with E-state index in [2.05, 4.69) is 10.3 Å². The largest absolute Gasteiger partial charge is 0.302 e. The zero-order valence-electron chi connectivity index (χ0n) is 13.8. The standard InChI is InChI=1S/C18H18N2O2S2/c1-10-4-5-14-16(8-10)24-18(19-14)20-17(22)7-6-15(21)13-9-11(2)23-12(13)3/h4-5,8-9H,6-7H2,1-3H3,(H,19,20,22). The van der Waals surface area contributed by atoms with Crippen LogP contribution in [0.3, 0.4) is 0 Å². The molecule has 0 atom stereocenters. The molecule has 0 bridgehead atoms. The van der Waals surface area contributed by atoms with Crippen LogP contribution in [0.25, 0.3) is 10.2 Å². The number of fused-ring (bicyclic) bond motifs is 1. The van der Waals surface area contributed by atoms with Crippen molar-refractivity contribution in [1.29, 1.82) is 0 Å². The molecule has 4 nitrogen and oxygen atoms in total. The number of carbonyl (C=O) groups excluding carboxylic acids is 2. The fourth-order valence-electron chi connectivity index (χ4n) is 2.54. The van der Waals surface area contributed by atoms with Crippen molar-refractivity contribution in [3.63, 3.8) is 0 Å². The third-order valence-electron chi connectivity index (χ3n) is 3.71. The van der Waals surface area contributed by atoms with Gasteiger partial charge in [-0.2, -0.15) is 0 Å². The molecule has 0 saturated heterocycles. The molecule has 3 rings (SSSR count). The van der Waals surface area contributed by atoms with Crippen molar-refractivity contribution < 1.29 is 9.59 Å². The number of nitrogens with one attached hydrogen (secondary N) is 1. The van der Waals surface area contributed by atoms with Gasteiger partial charge in [-0.3, -0.25) is 9.59 Å². The lowest BCUT2D eigenvalue weighted by atomic mass is 10.1. The fraction of sp³-hybridized carbons (Fsp3) is 0.278. The van der Waals surface area contributed by atoms with Crippen molar-refractivity contribution in [1.82, 2.24) is 4.98 Å². The molecule has 24 heavy (non-hydrogen) atoms. The molecule has 1 aromatic carbocycles. The van der Waals surface area contributed by atoms with E-state index >= 15 is 0 Å². The first-order valence-corrected chi connectivity index (χ1v) is 9.33. The first-order valence-electron chi connectivity index (χ1n) is 7.69. The number of thiazole rings is 1. The first kappa shape index (κ1) is 16.8. The second kappa shape index (κ2) is 6.83. The highest BCUT2D eigenvalue weighted by Gasteiger charge is 2.14. The summed E-state index contributed by atoms with van der Waals surface area (Å²) >= 11 is 3.06. The Morgan fingerprint density at radius 3 is 2.58 bits per heavy atom. The number of benzene rings is 1. The molecule has 3 aromatic rings. The number of thiophene rings is 1. The highest BCUT2D eigenvalue weighted by Crippen LogP contribution is 2.27. The summed E-state index contributed by atoms with van der Waals surface area (Å²) in [4.78, 5) is 30.8. The van der Waals surface area contributed by atoms with E-state index in [-0.39, 0.29) is 24.5 Å². The van der Waals surface area contributed by atoms with Gasteiger partial charge in [0.1, 0.15) is 0 Å². The third-order valence-corrected chi connectivity index (χ3v) is 5.61. The zero-order chi connectivity index (χ0) is 17.3. The number of amides is 1. The third kappa shape index (κ3) is 3.71. The minimum atomic E-state index is -0.177. The van der Waals surface area contributed by atoms with E-state index in [1.807, 2.05) is 45.0 Å². The molecule has 0 radical (unpaired) electrons. The number of aromatic nitrogens is 1. The Kier molecular flexibility index (Phi) is 4.78. The zero-order valence-corrected chi connectivity index (χ0v) is 15.4. The Morgan fingerprint density at radius 1 is 1.08 bits per heavy atom. The molecule has 0 spiro atoms. The Morgan fingerprint density at radius 2 is 1.88 bits per heavy atom. The number of rotatable bonds is 5. The summed E-state index contributed by atoms with van der Waals surface area (Å²) in [6, 6.07) is 7.89. The van der Waals surface area contributed by atoms with Crippen molar-refractivity contribution >= 4 is 49.7 Å². The van der Waals surface area contributed by atoms with Gasteiger partial charge in [-0.25, -0.2) is 4.98 Å². The monoisotopic (exact) mass is 358 g/mol. The minimum Gasteiger partial charge on any atom is -0.302 e. The van der Waals surface area contributed by atoms with Gasteiger partial charge in [-0.1, -0.05) is 17.4 Å². The van der Waals surface area contributed by atoms with Crippen LogP contribution in [0, 0.1) is 20.8 Å². The van der Waals surface area contributed by atoms with Crippen LogP contribution in [-0.4, -0.2) is 16.7 Å². The Bertz CT molecular complexity index is 924. The number of aryl methyl sites for hydroxylation is 3. The molecule has 0 saturated carbocycles. The van der Waals surface area contributed by atoms with Gasteiger partial charge in [0.05, 0.1) is 10.2 Å². The van der Waals surface area contributed by atoms with Crippen molar-refractivity contribution in [2.75, 3.05) is 5.32 Å². The average Bonchev–Trinajstić information content (AvgIpc) is 3.06. The summed E-state index contributed by atoms with van der Waals surface area (Å²) in [5, 5.41) is 3.38. The van der Waals surface area contributed by atoms with Crippen LogP contribution in [-0.2, 0) is 4.79 Å². The summed E-state index contributed by atoms with van der Waals surface area (Å²) in [7, 11) is 0. The molecule has 0 fully saturated rings. The number of anilines is 1. The number of hydrogen-bond acceptors (Lipinski definition) is 5. The maximum atomic E-state index is 12.2. The summed E-state index contributed by atoms with van der Waals surface area (Å²) in [6.45, 7) is 5.95. The van der Waals surface area contributed by atoms with Gasteiger partial charge in [-0.05, 0) is 44.5 Å². The number of nitrogens with zero attached hydrogens (tertiary/aromatic N) is 1. The second-order valence-electron chi connectivity index (χ2n) is 5.79. The number of hydrogen-bond donors (Lipinski definition) is 1. The SMILES string of the molecule is Cc1ccc2nc(NC(=O)CCC(=O)c3cc(C)sc3C)sc2c1. The average molecular weight is 358 g/mol. The van der Waals surface area contributed by atoms with E-state index in [4.69, 9.17) is 0 Å². The van der Waals surface area contributed by atoms with E-state index in [9.17, 15) is 9.59 Å². The van der Waals surface area contributed by atoms with Crippen LogP contribution in [0.2, 0.25) is 0 Å². The summed E-state index contributed by atoms with van der Waals surface area (Å²) < 4.78 is 1.05. The molecule has 1 N–H and O–H groups in total. The normalized spacial score (nSPS) is 11.0. The fourth-order valence-corrected chi connectivity index (χ4v) is 4.46. The van der Waals surface area contributed by atoms with E-state index in [1.54, 1.807) is 11.3 Å². The summed E-state index contributed by atoms with van der Waals surface area (Å²) in [6.07, 6.45) is 0.384. The predicted octanol–water partition coefficient (Wildman–Crippen LogP) is 4.88. The van der Waals surface area contributed by atoms with Gasteiger partial charge in [0.25, 0.3) is 0 Å². The quantitative estimate of drug-likeness (QED) is 0.661. The molecule has 2 heterocycles. The first-order chi connectivity index (χ1) is 11.4. The molecule has 0 unspecified atom stereocenters. The number of carbonyl (C=O) groups is 2. The minimum absolute atomic E-state index is 0.0203. The van der Waals surface area contributed by atoms with Gasteiger partial charge < -0.3 is 5.32 Å². The molecular formula is C18H18N2O2S2. The smallest absolute Gasteiger partial charge is 0.226 e. The van der Waals surface area contributed by atoms with Crippen LogP contribution < -0.4 is 5.32 Å². The molecule has 124 valence electrons. The van der Waals surface area contributed by atoms with Crippen molar-refractivity contribution in [3.8, 4) is 0 Å². The molecule has 6 heteroatoms. The van der Waals surface area contributed by atoms with Crippen LogP contribution in [0.5, 0.6) is 0 Å². The van der Waals surface area contributed by atoms with E-state index in [0.29, 0.717) is 5.13 Å². The highest BCUT2D eigenvalue weighted by molar-refractivity contribution is 7.22. The summed E-state index contributed by atoms with van der Waals surface area (Å²) in [5.41, 5.74) is 2.78. The molecule has 0 aliphatic heterocycles. The Balaban J connectivity index is 1.60. The lowest BCUT2D eigenvalue weighted by Gasteiger charge is -2.01. The number of Topliss-reactive ketones (excluding diaryl/α,β-unsaturated/α-hetero) is 1. The van der Waals surface area contributed by atoms with Gasteiger partial charge in [0.15, 0.2) is 10.9 Å². The molecule has 2 aromatic heterocycles. The molecule has 0 aliphatic carbocycles. The molecule has 1 amide bonds. The van der Waals surface area contributed by atoms with Gasteiger partial charge in [-0.15, -0.1) is 11.3 Å². The molecular weight excluding hydrogens is 340 g/mol. The van der Waals surface area contributed by atoms with Gasteiger partial charge in [0, 0.05) is 28.2 Å². The highest BCUT2D eigenvalue weighted by atomic mass is 32.1. The molecule has 0 aliphatic rings. The lowest BCUT2D eigenvalue weighted by Crippen LogP contribution is -2.13. The summed E-state index contributed by atoms with van der Waals surface area (Å²) in [5.74, 6) is -0.157. The van der Waals surface area contributed by atoms with Gasteiger partial charge in [0.2, 0.25) is 5.91 Å². The Hall–Kier alpha value is -2.05. The Labute approximate surface area is 148 Å². The van der Waals surface area contributed by atoms with Crippen molar-refractivity contribution in [2.24, 2.45) is 0 Å². The predicted molar refractivity (Wildman–Crippen MR) is 100 cm³/mol. The number of ketones is 1. The van der Waals surface area contributed by atoms with Gasteiger partial charge >= 0.3 is 0 Å².